The van der Waals surface area contributed by atoms with Crippen LogP contribution in [-0.4, -0.2) is 47.9 Å². The van der Waals surface area contributed by atoms with Crippen LogP contribution in [0.25, 0.3) is 0 Å². The monoisotopic (exact) mass is 448 g/mol. The Kier molecular flexibility index (Phi) is 12.5. The molecule has 0 bridgehead atoms. The minimum atomic E-state index is -3.51. The third-order valence-corrected chi connectivity index (χ3v) is 12.3. The molecule has 6 nitrogen and oxygen atoms in total. The molecule has 0 rings (SSSR count). The molecule has 0 fully saturated rings. The molecule has 0 N–H and O–H groups in total. The molecule has 0 saturated heterocycles. The van der Waals surface area contributed by atoms with Gasteiger partial charge in [-0.1, -0.05) is 44.6 Å². The van der Waals surface area contributed by atoms with Crippen LogP contribution in [0.4, 0.5) is 0 Å². The summed E-state index contributed by atoms with van der Waals surface area (Å²) < 4.78 is 33.4. The molecule has 29 heavy (non-hydrogen) atoms. The van der Waals surface area contributed by atoms with Crippen molar-refractivity contribution in [2.75, 3.05) is 27.9 Å². The van der Waals surface area contributed by atoms with Crippen LogP contribution in [-0.2, 0) is 27.6 Å². The lowest BCUT2D eigenvalue weighted by Crippen LogP contribution is -2.40. The van der Waals surface area contributed by atoms with Crippen LogP contribution in [0.1, 0.15) is 53.4 Å². The molecule has 0 aliphatic rings. The van der Waals surface area contributed by atoms with Crippen molar-refractivity contribution in [1.82, 2.24) is 0 Å². The van der Waals surface area contributed by atoms with Crippen molar-refractivity contribution in [2.45, 2.75) is 77.2 Å². The average molecular weight is 449 g/mol. The molecule has 170 valence electrons. The summed E-state index contributed by atoms with van der Waals surface area (Å²) in [4.78, 5) is 12.0. The fourth-order valence-electron chi connectivity index (χ4n) is 2.43. The Balaban J connectivity index is 4.49. The van der Waals surface area contributed by atoms with Crippen molar-refractivity contribution in [3.05, 3.63) is 23.8 Å². The summed E-state index contributed by atoms with van der Waals surface area (Å²) in [5.74, 6) is -0.576. The largest absolute Gasteiger partial charge is 0.468 e. The fraction of sp³-hybridized carbons (Fsp3) is 0.762. The van der Waals surface area contributed by atoms with Crippen LogP contribution in [0.15, 0.2) is 23.8 Å². The van der Waals surface area contributed by atoms with Gasteiger partial charge in [-0.3, -0.25) is 9.36 Å². The number of carbonyl (C=O) groups is 1. The first kappa shape index (κ1) is 28.3. The van der Waals surface area contributed by atoms with Gasteiger partial charge in [0, 0.05) is 14.2 Å². The first-order chi connectivity index (χ1) is 13.3. The normalized spacial score (nSPS) is 15.0. The molecule has 0 aromatic rings. The molecule has 0 saturated carbocycles. The summed E-state index contributed by atoms with van der Waals surface area (Å²) in [5, 5.41) is 0.220. The van der Waals surface area contributed by atoms with Crippen molar-refractivity contribution < 1.29 is 27.6 Å². The van der Waals surface area contributed by atoms with Gasteiger partial charge in [0.05, 0.1) is 13.7 Å². The van der Waals surface area contributed by atoms with E-state index in [2.05, 4.69) is 59.0 Å². The molecule has 0 radical (unpaired) electrons. The van der Waals surface area contributed by atoms with E-state index in [0.717, 1.165) is 12.8 Å². The number of ether oxygens (including phenoxy) is 1. The molecule has 0 aliphatic heterocycles. The van der Waals surface area contributed by atoms with Gasteiger partial charge in [-0.05, 0) is 50.7 Å². The molecule has 0 aliphatic carbocycles. The van der Waals surface area contributed by atoms with Gasteiger partial charge in [0.15, 0.2) is 14.0 Å². The fourth-order valence-corrected chi connectivity index (χ4v) is 4.86. The second kappa shape index (κ2) is 12.9. The molecule has 0 heterocycles. The molecule has 8 heteroatoms. The second-order valence-electron chi connectivity index (χ2n) is 8.65. The third kappa shape index (κ3) is 9.75. The molecule has 1 atom stereocenters. The average Bonchev–Trinajstić information content (AvgIpc) is 2.65. The number of esters is 1. The van der Waals surface area contributed by atoms with Crippen LogP contribution in [0.2, 0.25) is 18.1 Å². The minimum absolute atomic E-state index is 0.220. The SMILES string of the molecule is COC(=O)C(CC/C=C(\C)CC/C=C/CO[Si](C)(C)C(C)(C)C)P(=O)(OC)OC. The maximum absolute atomic E-state index is 12.5. The van der Waals surface area contributed by atoms with E-state index in [4.69, 9.17) is 18.2 Å². The van der Waals surface area contributed by atoms with E-state index >= 15 is 0 Å². The van der Waals surface area contributed by atoms with Crippen LogP contribution in [0.5, 0.6) is 0 Å². The first-order valence-corrected chi connectivity index (χ1v) is 14.6. The maximum atomic E-state index is 12.5. The van der Waals surface area contributed by atoms with Crippen LogP contribution in [0.3, 0.4) is 0 Å². The molecule has 1 unspecified atom stereocenters. The van der Waals surface area contributed by atoms with Crippen LogP contribution in [0, 0.1) is 0 Å². The van der Waals surface area contributed by atoms with E-state index in [1.165, 1.54) is 26.9 Å². The van der Waals surface area contributed by atoms with Gasteiger partial charge in [-0.25, -0.2) is 0 Å². The summed E-state index contributed by atoms with van der Waals surface area (Å²) in [7, 11) is -1.37. The number of carbonyl (C=O) groups excluding carboxylic acids is 1. The number of methoxy groups -OCH3 is 1. The number of hydrogen-bond donors (Lipinski definition) is 0. The topological polar surface area (TPSA) is 71.1 Å². The van der Waals surface area contributed by atoms with Crippen molar-refractivity contribution >= 4 is 21.9 Å². The summed E-state index contributed by atoms with van der Waals surface area (Å²) in [5.41, 5.74) is 0.298. The van der Waals surface area contributed by atoms with E-state index in [1.54, 1.807) is 0 Å². The maximum Gasteiger partial charge on any atom is 0.344 e. The van der Waals surface area contributed by atoms with Gasteiger partial charge in [-0.15, -0.1) is 0 Å². The number of hydrogen-bond acceptors (Lipinski definition) is 6. The van der Waals surface area contributed by atoms with Gasteiger partial charge < -0.3 is 18.2 Å². The lowest BCUT2D eigenvalue weighted by atomic mass is 10.1. The molecular weight excluding hydrogens is 407 g/mol. The Bertz CT molecular complexity index is 599. The highest BCUT2D eigenvalue weighted by molar-refractivity contribution is 7.55. The second-order valence-corrected chi connectivity index (χ2v) is 15.9. The Morgan fingerprint density at radius 1 is 1.07 bits per heavy atom. The molecule has 0 spiro atoms. The highest BCUT2D eigenvalue weighted by atomic mass is 31.2. The van der Waals surface area contributed by atoms with Gasteiger partial charge >= 0.3 is 13.6 Å². The van der Waals surface area contributed by atoms with Gasteiger partial charge in [0.2, 0.25) is 0 Å². The zero-order valence-electron chi connectivity index (χ0n) is 19.7. The zero-order chi connectivity index (χ0) is 22.7. The third-order valence-electron chi connectivity index (χ3n) is 5.52. The van der Waals surface area contributed by atoms with Crippen molar-refractivity contribution in [3.63, 3.8) is 0 Å². The van der Waals surface area contributed by atoms with E-state index in [1.807, 2.05) is 0 Å². The summed E-state index contributed by atoms with van der Waals surface area (Å²) in [6.45, 7) is 13.9. The van der Waals surface area contributed by atoms with Crippen LogP contribution >= 0.6 is 7.60 Å². The van der Waals surface area contributed by atoms with E-state index in [9.17, 15) is 9.36 Å². The predicted molar refractivity (Wildman–Crippen MR) is 122 cm³/mol. The van der Waals surface area contributed by atoms with Crippen molar-refractivity contribution in [3.8, 4) is 0 Å². The summed E-state index contributed by atoms with van der Waals surface area (Å²) in [6.07, 6.45) is 9.09. The minimum Gasteiger partial charge on any atom is -0.468 e. The Labute approximate surface area is 178 Å². The summed E-state index contributed by atoms with van der Waals surface area (Å²) >= 11 is 0. The van der Waals surface area contributed by atoms with Gasteiger partial charge in [-0.2, -0.15) is 0 Å². The smallest absolute Gasteiger partial charge is 0.344 e. The molecule has 0 aromatic carbocycles. The molecule has 0 aromatic heterocycles. The van der Waals surface area contributed by atoms with Crippen molar-refractivity contribution in [1.29, 1.82) is 0 Å². The molecular formula is C21H41O6PSi. The van der Waals surface area contributed by atoms with E-state index in [0.29, 0.717) is 19.4 Å². The number of allylic oxidation sites excluding steroid dienone is 3. The van der Waals surface area contributed by atoms with Crippen molar-refractivity contribution in [2.24, 2.45) is 0 Å². The van der Waals surface area contributed by atoms with Crippen LogP contribution < -0.4 is 0 Å². The quantitative estimate of drug-likeness (QED) is 0.147. The highest BCUT2D eigenvalue weighted by Gasteiger charge is 2.40. The highest BCUT2D eigenvalue weighted by Crippen LogP contribution is 2.53. The van der Waals surface area contributed by atoms with Gasteiger partial charge in [0.1, 0.15) is 0 Å². The predicted octanol–water partition coefficient (Wildman–Crippen LogP) is 6.10. The van der Waals surface area contributed by atoms with E-state index in [-0.39, 0.29) is 5.04 Å². The Hall–Kier alpha value is -0.723. The first-order valence-electron chi connectivity index (χ1n) is 10.1. The lowest BCUT2D eigenvalue weighted by Gasteiger charge is -2.35. The van der Waals surface area contributed by atoms with Gasteiger partial charge in [0.25, 0.3) is 0 Å². The summed E-state index contributed by atoms with van der Waals surface area (Å²) in [6, 6.07) is 0. The zero-order valence-corrected chi connectivity index (χ0v) is 21.6. The lowest BCUT2D eigenvalue weighted by molar-refractivity contribution is -0.140. The molecule has 0 amide bonds. The number of rotatable bonds is 13. The van der Waals surface area contributed by atoms with E-state index < -0.39 is 27.5 Å². The Morgan fingerprint density at radius 3 is 2.14 bits per heavy atom. The Morgan fingerprint density at radius 2 is 1.66 bits per heavy atom. The standard InChI is InChI=1S/C21H41O6PSi/c1-18(14-11-10-12-17-27-29(8,9)21(2,3)4)15-13-16-19(20(22)24-5)28(23,25-6)26-7/h10,12,15,19H,11,13-14,16-17H2,1-9H3/b12-10+,18-15+.